The predicted octanol–water partition coefficient (Wildman–Crippen LogP) is 4.56. The highest BCUT2D eigenvalue weighted by molar-refractivity contribution is 9.11. The van der Waals surface area contributed by atoms with Crippen molar-refractivity contribution < 1.29 is 9.53 Å². The zero-order valence-corrected chi connectivity index (χ0v) is 15.6. The summed E-state index contributed by atoms with van der Waals surface area (Å²) in [6.45, 7) is 0.452. The first-order valence-electron chi connectivity index (χ1n) is 8.02. The highest BCUT2D eigenvalue weighted by Crippen LogP contribution is 2.23. The van der Waals surface area contributed by atoms with Gasteiger partial charge in [-0.05, 0) is 65.4 Å². The number of thiophene rings is 1. The van der Waals surface area contributed by atoms with Crippen LogP contribution < -0.4 is 10.1 Å². The topological polar surface area (TPSA) is 51.2 Å². The molecule has 1 aliphatic carbocycles. The van der Waals surface area contributed by atoms with Crippen LogP contribution in [0.4, 0.5) is 0 Å². The SMILES string of the molecule is O=C(/C=C/c1ccc(Br)s1)NCc1ccc(OC2CCCC2)nc1. The number of ether oxygens (including phenoxy) is 1. The van der Waals surface area contributed by atoms with Crippen molar-refractivity contribution in [3.8, 4) is 5.88 Å². The van der Waals surface area contributed by atoms with Crippen LogP contribution >= 0.6 is 27.3 Å². The first-order valence-corrected chi connectivity index (χ1v) is 9.63. The molecular formula is C18H19BrN2O2S. The Balaban J connectivity index is 1.45. The molecule has 1 amide bonds. The lowest BCUT2D eigenvalue weighted by Crippen LogP contribution is -2.20. The van der Waals surface area contributed by atoms with E-state index in [1.165, 1.54) is 12.8 Å². The number of amides is 1. The lowest BCUT2D eigenvalue weighted by Gasteiger charge is -2.12. The highest BCUT2D eigenvalue weighted by Gasteiger charge is 2.16. The first kappa shape index (κ1) is 17.2. The van der Waals surface area contributed by atoms with Crippen LogP contribution in [0, 0.1) is 0 Å². The van der Waals surface area contributed by atoms with Gasteiger partial charge in [-0.15, -0.1) is 11.3 Å². The average Bonchev–Trinajstić information content (AvgIpc) is 3.24. The van der Waals surface area contributed by atoms with Crippen LogP contribution in [-0.2, 0) is 11.3 Å². The second kappa shape index (κ2) is 8.44. The van der Waals surface area contributed by atoms with Crippen LogP contribution in [0.2, 0.25) is 0 Å². The third-order valence-electron chi connectivity index (χ3n) is 3.85. The minimum atomic E-state index is -0.120. The number of carbonyl (C=O) groups excluding carboxylic acids is 1. The molecule has 2 aromatic rings. The summed E-state index contributed by atoms with van der Waals surface area (Å²) in [6, 6.07) is 7.74. The van der Waals surface area contributed by atoms with Crippen LogP contribution in [0.3, 0.4) is 0 Å². The zero-order valence-electron chi connectivity index (χ0n) is 13.2. The molecule has 0 saturated heterocycles. The molecule has 1 N–H and O–H groups in total. The van der Waals surface area contributed by atoms with E-state index < -0.39 is 0 Å². The molecule has 0 aromatic carbocycles. The smallest absolute Gasteiger partial charge is 0.244 e. The molecule has 0 unspecified atom stereocenters. The van der Waals surface area contributed by atoms with Gasteiger partial charge < -0.3 is 10.1 Å². The second-order valence-electron chi connectivity index (χ2n) is 5.72. The number of aromatic nitrogens is 1. The van der Waals surface area contributed by atoms with Crippen molar-refractivity contribution in [3.63, 3.8) is 0 Å². The van der Waals surface area contributed by atoms with Crippen molar-refractivity contribution in [2.75, 3.05) is 0 Å². The van der Waals surface area contributed by atoms with E-state index in [0.29, 0.717) is 18.5 Å². The monoisotopic (exact) mass is 406 g/mol. The maximum Gasteiger partial charge on any atom is 0.244 e. The summed E-state index contributed by atoms with van der Waals surface area (Å²) in [5.74, 6) is 0.547. The van der Waals surface area contributed by atoms with Crippen LogP contribution in [0.1, 0.15) is 36.1 Å². The van der Waals surface area contributed by atoms with Gasteiger partial charge in [0, 0.05) is 29.8 Å². The molecule has 126 valence electrons. The van der Waals surface area contributed by atoms with Gasteiger partial charge in [0.05, 0.1) is 3.79 Å². The van der Waals surface area contributed by atoms with Crippen molar-refractivity contribution in [2.24, 2.45) is 0 Å². The highest BCUT2D eigenvalue weighted by atomic mass is 79.9. The average molecular weight is 407 g/mol. The summed E-state index contributed by atoms with van der Waals surface area (Å²) in [7, 11) is 0. The molecule has 2 aromatic heterocycles. The van der Waals surface area contributed by atoms with E-state index in [2.05, 4.69) is 26.2 Å². The van der Waals surface area contributed by atoms with Crippen molar-refractivity contribution in [1.29, 1.82) is 0 Å². The molecule has 2 heterocycles. The lowest BCUT2D eigenvalue weighted by molar-refractivity contribution is -0.116. The molecule has 4 nitrogen and oxygen atoms in total. The maximum absolute atomic E-state index is 11.8. The number of carbonyl (C=O) groups is 1. The van der Waals surface area contributed by atoms with Gasteiger partial charge in [-0.25, -0.2) is 4.98 Å². The molecule has 1 aliphatic rings. The van der Waals surface area contributed by atoms with Crippen LogP contribution in [0.15, 0.2) is 40.3 Å². The van der Waals surface area contributed by atoms with E-state index in [1.807, 2.05) is 30.3 Å². The largest absolute Gasteiger partial charge is 0.474 e. The second-order valence-corrected chi connectivity index (χ2v) is 8.22. The normalized spacial score (nSPS) is 15.0. The van der Waals surface area contributed by atoms with Crippen LogP contribution in [0.5, 0.6) is 5.88 Å². The predicted molar refractivity (Wildman–Crippen MR) is 100 cm³/mol. The summed E-state index contributed by atoms with van der Waals surface area (Å²) in [5, 5.41) is 2.85. The Labute approximate surface area is 154 Å². The molecule has 3 rings (SSSR count). The van der Waals surface area contributed by atoms with E-state index in [4.69, 9.17) is 4.74 Å². The van der Waals surface area contributed by atoms with Gasteiger partial charge >= 0.3 is 0 Å². The third-order valence-corrected chi connectivity index (χ3v) is 5.44. The summed E-state index contributed by atoms with van der Waals surface area (Å²) >= 11 is 4.99. The Hall–Kier alpha value is -1.66. The summed E-state index contributed by atoms with van der Waals surface area (Å²) in [4.78, 5) is 17.2. The molecule has 0 radical (unpaired) electrons. The van der Waals surface area contributed by atoms with Gasteiger partial charge in [-0.1, -0.05) is 6.07 Å². The molecule has 6 heteroatoms. The van der Waals surface area contributed by atoms with Gasteiger partial charge in [0.1, 0.15) is 6.10 Å². The van der Waals surface area contributed by atoms with Crippen LogP contribution in [0.25, 0.3) is 6.08 Å². The molecule has 24 heavy (non-hydrogen) atoms. The number of hydrogen-bond acceptors (Lipinski definition) is 4. The molecule has 1 fully saturated rings. The molecular weight excluding hydrogens is 388 g/mol. The minimum Gasteiger partial charge on any atom is -0.474 e. The first-order chi connectivity index (χ1) is 11.7. The molecule has 0 aliphatic heterocycles. The molecule has 0 atom stereocenters. The zero-order chi connectivity index (χ0) is 16.8. The Morgan fingerprint density at radius 1 is 1.33 bits per heavy atom. The number of nitrogens with zero attached hydrogens (tertiary/aromatic N) is 1. The summed E-state index contributed by atoms with van der Waals surface area (Å²) < 4.78 is 6.88. The molecule has 1 saturated carbocycles. The van der Waals surface area contributed by atoms with Crippen LogP contribution in [-0.4, -0.2) is 17.0 Å². The number of nitrogens with one attached hydrogen (secondary N) is 1. The fraction of sp³-hybridized carbons (Fsp3) is 0.333. The van der Waals surface area contributed by atoms with Gasteiger partial charge in [0.15, 0.2) is 0 Å². The number of pyridine rings is 1. The quantitative estimate of drug-likeness (QED) is 0.715. The summed E-state index contributed by atoms with van der Waals surface area (Å²) in [6.07, 6.45) is 10.1. The van der Waals surface area contributed by atoms with Crippen molar-refractivity contribution in [1.82, 2.24) is 10.3 Å². The van der Waals surface area contributed by atoms with Gasteiger partial charge in [0.2, 0.25) is 11.8 Å². The standard InChI is InChI=1S/C18H19BrN2O2S/c19-16-8-6-15(24-16)7-9-17(22)20-11-13-5-10-18(21-12-13)23-14-3-1-2-4-14/h5-10,12,14H,1-4,11H2,(H,20,22)/b9-7+. The minimum absolute atomic E-state index is 0.120. The van der Waals surface area contributed by atoms with Crippen molar-refractivity contribution in [3.05, 3.63) is 50.8 Å². The molecule has 0 bridgehead atoms. The summed E-state index contributed by atoms with van der Waals surface area (Å²) in [5.41, 5.74) is 0.953. The third kappa shape index (κ3) is 5.18. The van der Waals surface area contributed by atoms with E-state index >= 15 is 0 Å². The Kier molecular flexibility index (Phi) is 6.04. The number of hydrogen-bond donors (Lipinski definition) is 1. The van der Waals surface area contributed by atoms with Gasteiger partial charge in [0.25, 0.3) is 0 Å². The molecule has 0 spiro atoms. The fourth-order valence-corrected chi connectivity index (χ4v) is 3.91. The van der Waals surface area contributed by atoms with E-state index in [0.717, 1.165) is 27.1 Å². The van der Waals surface area contributed by atoms with Crippen molar-refractivity contribution >= 4 is 39.2 Å². The Morgan fingerprint density at radius 2 is 2.17 bits per heavy atom. The van der Waals surface area contributed by atoms with Crippen molar-refractivity contribution in [2.45, 2.75) is 38.3 Å². The number of rotatable bonds is 6. The maximum atomic E-state index is 11.8. The van der Waals surface area contributed by atoms with E-state index in [-0.39, 0.29) is 5.91 Å². The Bertz CT molecular complexity index is 706. The fourth-order valence-electron chi connectivity index (χ4n) is 2.59. The van der Waals surface area contributed by atoms with Gasteiger partial charge in [-0.2, -0.15) is 0 Å². The Morgan fingerprint density at radius 3 is 2.83 bits per heavy atom. The van der Waals surface area contributed by atoms with Gasteiger partial charge in [-0.3, -0.25) is 4.79 Å². The van der Waals surface area contributed by atoms with E-state index in [9.17, 15) is 4.79 Å². The number of halogens is 1. The van der Waals surface area contributed by atoms with E-state index in [1.54, 1.807) is 23.6 Å². The lowest BCUT2D eigenvalue weighted by atomic mass is 10.2.